The number of piperidine rings is 1. The van der Waals surface area contributed by atoms with Gasteiger partial charge in [0.05, 0.1) is 5.92 Å². The topological polar surface area (TPSA) is 69.6 Å². The Morgan fingerprint density at radius 1 is 1.10 bits per heavy atom. The SMILES string of the molecule is O=C(O)C1CCCN(C(=O)NCCCC2CCCCC2)C1. The fourth-order valence-electron chi connectivity index (χ4n) is 3.54. The van der Waals surface area contributed by atoms with E-state index in [-0.39, 0.29) is 6.03 Å². The summed E-state index contributed by atoms with van der Waals surface area (Å²) in [5.41, 5.74) is 0. The summed E-state index contributed by atoms with van der Waals surface area (Å²) in [6, 6.07) is -0.0930. The van der Waals surface area contributed by atoms with Gasteiger partial charge in [0.15, 0.2) is 0 Å². The first-order valence-electron chi connectivity index (χ1n) is 8.42. The van der Waals surface area contributed by atoms with E-state index in [1.54, 1.807) is 4.90 Å². The van der Waals surface area contributed by atoms with Crippen molar-refractivity contribution in [1.82, 2.24) is 10.2 Å². The number of carboxylic acids is 1. The third-order valence-corrected chi connectivity index (χ3v) is 4.85. The zero-order valence-corrected chi connectivity index (χ0v) is 12.9. The number of nitrogens with one attached hydrogen (secondary N) is 1. The van der Waals surface area contributed by atoms with Crippen LogP contribution in [0.15, 0.2) is 0 Å². The molecular weight excluding hydrogens is 268 g/mol. The van der Waals surface area contributed by atoms with Crippen molar-refractivity contribution in [2.24, 2.45) is 11.8 Å². The highest BCUT2D eigenvalue weighted by molar-refractivity contribution is 5.76. The molecule has 1 saturated heterocycles. The van der Waals surface area contributed by atoms with Crippen LogP contribution in [0.25, 0.3) is 0 Å². The van der Waals surface area contributed by atoms with Crippen molar-refractivity contribution in [1.29, 1.82) is 0 Å². The van der Waals surface area contributed by atoms with Gasteiger partial charge >= 0.3 is 12.0 Å². The van der Waals surface area contributed by atoms with E-state index >= 15 is 0 Å². The maximum atomic E-state index is 12.0. The molecule has 0 bridgehead atoms. The molecule has 0 aromatic carbocycles. The van der Waals surface area contributed by atoms with Crippen LogP contribution in [-0.2, 0) is 4.79 Å². The van der Waals surface area contributed by atoms with Crippen LogP contribution < -0.4 is 5.32 Å². The van der Waals surface area contributed by atoms with Crippen LogP contribution >= 0.6 is 0 Å². The summed E-state index contributed by atoms with van der Waals surface area (Å²) in [6.45, 7) is 1.74. The first kappa shape index (κ1) is 16.1. The molecule has 2 N–H and O–H groups in total. The number of hydrogen-bond acceptors (Lipinski definition) is 2. The van der Waals surface area contributed by atoms with E-state index in [0.29, 0.717) is 26.1 Å². The van der Waals surface area contributed by atoms with Gasteiger partial charge in [0.1, 0.15) is 0 Å². The van der Waals surface area contributed by atoms with Gasteiger partial charge in [-0.2, -0.15) is 0 Å². The molecule has 1 aliphatic carbocycles. The first-order valence-corrected chi connectivity index (χ1v) is 8.42. The molecule has 1 unspecified atom stereocenters. The van der Waals surface area contributed by atoms with Crippen LogP contribution in [-0.4, -0.2) is 41.6 Å². The molecule has 5 heteroatoms. The molecule has 5 nitrogen and oxygen atoms in total. The highest BCUT2D eigenvalue weighted by atomic mass is 16.4. The van der Waals surface area contributed by atoms with Crippen LogP contribution in [0.4, 0.5) is 4.79 Å². The molecule has 0 aromatic rings. The molecule has 2 fully saturated rings. The summed E-state index contributed by atoms with van der Waals surface area (Å²) in [5, 5.41) is 12.0. The van der Waals surface area contributed by atoms with Crippen molar-refractivity contribution in [2.45, 2.75) is 57.8 Å². The van der Waals surface area contributed by atoms with E-state index in [2.05, 4.69) is 5.32 Å². The number of rotatable bonds is 5. The maximum absolute atomic E-state index is 12.0. The van der Waals surface area contributed by atoms with E-state index in [1.165, 1.54) is 38.5 Å². The van der Waals surface area contributed by atoms with Gasteiger partial charge in [-0.1, -0.05) is 32.1 Å². The summed E-state index contributed by atoms with van der Waals surface area (Å²) in [4.78, 5) is 24.7. The summed E-state index contributed by atoms with van der Waals surface area (Å²) in [7, 11) is 0. The predicted octanol–water partition coefficient (Wildman–Crippen LogP) is 2.85. The van der Waals surface area contributed by atoms with Gasteiger partial charge in [-0.15, -0.1) is 0 Å². The quantitative estimate of drug-likeness (QED) is 0.766. The average Bonchev–Trinajstić information content (AvgIpc) is 2.52. The summed E-state index contributed by atoms with van der Waals surface area (Å²) in [6.07, 6.45) is 10.5. The smallest absolute Gasteiger partial charge is 0.317 e. The van der Waals surface area contributed by atoms with Crippen molar-refractivity contribution in [3.8, 4) is 0 Å². The Labute approximate surface area is 127 Å². The second kappa shape index (κ2) is 8.25. The number of nitrogens with zero attached hydrogens (tertiary/aromatic N) is 1. The number of aliphatic carboxylic acids is 1. The fraction of sp³-hybridized carbons (Fsp3) is 0.875. The number of carbonyl (C=O) groups excluding carboxylic acids is 1. The first-order chi connectivity index (χ1) is 10.2. The van der Waals surface area contributed by atoms with Crippen LogP contribution in [0.2, 0.25) is 0 Å². The second-order valence-corrected chi connectivity index (χ2v) is 6.50. The third kappa shape index (κ3) is 5.21. The van der Waals surface area contributed by atoms with Gasteiger partial charge in [-0.25, -0.2) is 4.79 Å². The second-order valence-electron chi connectivity index (χ2n) is 6.50. The number of carbonyl (C=O) groups is 2. The van der Waals surface area contributed by atoms with Gasteiger partial charge in [0.25, 0.3) is 0 Å². The Bertz CT molecular complexity index is 353. The Kier molecular flexibility index (Phi) is 6.33. The molecule has 1 heterocycles. The molecule has 2 aliphatic rings. The van der Waals surface area contributed by atoms with Crippen LogP contribution in [0.3, 0.4) is 0 Å². The lowest BCUT2D eigenvalue weighted by Gasteiger charge is -2.30. The molecule has 0 spiro atoms. The molecular formula is C16H28N2O3. The van der Waals surface area contributed by atoms with Crippen LogP contribution in [0.1, 0.15) is 57.8 Å². The molecule has 0 aromatic heterocycles. The standard InChI is InChI=1S/C16H28N2O3/c19-15(20)14-9-5-11-18(12-14)16(21)17-10-4-8-13-6-2-1-3-7-13/h13-14H,1-12H2,(H,17,21)(H,19,20). The van der Waals surface area contributed by atoms with Crippen molar-refractivity contribution >= 4 is 12.0 Å². The number of amides is 2. The Morgan fingerprint density at radius 2 is 1.86 bits per heavy atom. The van der Waals surface area contributed by atoms with Gasteiger partial charge in [-0.3, -0.25) is 4.79 Å². The highest BCUT2D eigenvalue weighted by Gasteiger charge is 2.27. The van der Waals surface area contributed by atoms with Crippen molar-refractivity contribution in [3.05, 3.63) is 0 Å². The highest BCUT2D eigenvalue weighted by Crippen LogP contribution is 2.27. The van der Waals surface area contributed by atoms with E-state index in [4.69, 9.17) is 5.11 Å². The monoisotopic (exact) mass is 296 g/mol. The lowest BCUT2D eigenvalue weighted by molar-refractivity contribution is -0.143. The van der Waals surface area contributed by atoms with Crippen LogP contribution in [0, 0.1) is 11.8 Å². The molecule has 2 amide bonds. The largest absolute Gasteiger partial charge is 0.481 e. The van der Waals surface area contributed by atoms with Gasteiger partial charge in [0.2, 0.25) is 0 Å². The normalized spacial score (nSPS) is 23.8. The van der Waals surface area contributed by atoms with E-state index < -0.39 is 11.9 Å². The summed E-state index contributed by atoms with van der Waals surface area (Å²) < 4.78 is 0. The third-order valence-electron chi connectivity index (χ3n) is 4.85. The number of hydrogen-bond donors (Lipinski definition) is 2. The maximum Gasteiger partial charge on any atom is 0.317 e. The molecule has 0 radical (unpaired) electrons. The fourth-order valence-corrected chi connectivity index (χ4v) is 3.54. The van der Waals surface area contributed by atoms with E-state index in [9.17, 15) is 9.59 Å². The van der Waals surface area contributed by atoms with E-state index in [1.807, 2.05) is 0 Å². The van der Waals surface area contributed by atoms with Crippen LogP contribution in [0.5, 0.6) is 0 Å². The minimum Gasteiger partial charge on any atom is -0.481 e. The van der Waals surface area contributed by atoms with Crippen molar-refractivity contribution in [2.75, 3.05) is 19.6 Å². The van der Waals surface area contributed by atoms with Crippen molar-refractivity contribution < 1.29 is 14.7 Å². The molecule has 120 valence electrons. The Hall–Kier alpha value is -1.26. The predicted molar refractivity (Wildman–Crippen MR) is 81.1 cm³/mol. The van der Waals surface area contributed by atoms with Crippen molar-refractivity contribution in [3.63, 3.8) is 0 Å². The minimum atomic E-state index is -0.787. The minimum absolute atomic E-state index is 0.0930. The molecule has 21 heavy (non-hydrogen) atoms. The summed E-state index contributed by atoms with van der Waals surface area (Å²) in [5.74, 6) is -0.335. The Balaban J connectivity index is 1.61. The summed E-state index contributed by atoms with van der Waals surface area (Å²) >= 11 is 0. The van der Waals surface area contributed by atoms with Gasteiger partial charge in [-0.05, 0) is 31.6 Å². The van der Waals surface area contributed by atoms with E-state index in [0.717, 1.165) is 18.8 Å². The van der Waals surface area contributed by atoms with Gasteiger partial charge < -0.3 is 15.3 Å². The number of urea groups is 1. The molecule has 1 saturated carbocycles. The lowest BCUT2D eigenvalue weighted by atomic mass is 9.86. The zero-order chi connectivity index (χ0) is 15.1. The average molecular weight is 296 g/mol. The lowest BCUT2D eigenvalue weighted by Crippen LogP contribution is -2.47. The number of carboxylic acid groups (broad SMARTS) is 1. The zero-order valence-electron chi connectivity index (χ0n) is 12.9. The number of likely N-dealkylation sites (tertiary alicyclic amines) is 1. The molecule has 1 atom stereocenters. The molecule has 2 rings (SSSR count). The molecule has 1 aliphatic heterocycles. The Morgan fingerprint density at radius 3 is 2.57 bits per heavy atom. The van der Waals surface area contributed by atoms with Gasteiger partial charge in [0, 0.05) is 19.6 Å².